The predicted molar refractivity (Wildman–Crippen MR) is 42.1 cm³/mol. The molecule has 1 fully saturated rings. The zero-order chi connectivity index (χ0) is 7.68. The molecule has 2 heteroatoms. The van der Waals surface area contributed by atoms with E-state index < -0.39 is 0 Å². The fraction of sp³-hybridized carbons (Fsp3) is 0.778. The highest BCUT2D eigenvalue weighted by Crippen LogP contribution is 2.40. The Bertz CT molecular complexity index is 165. The summed E-state index contributed by atoms with van der Waals surface area (Å²) in [5.74, 6) is 1.47. The van der Waals surface area contributed by atoms with Gasteiger partial charge in [0.25, 0.3) is 0 Å². The lowest BCUT2D eigenvalue weighted by atomic mass is 10.1. The molecule has 0 heterocycles. The molecule has 0 aromatic rings. The van der Waals surface area contributed by atoms with Crippen molar-refractivity contribution in [3.05, 3.63) is 12.2 Å². The third kappa shape index (κ3) is 1.33. The van der Waals surface area contributed by atoms with Crippen LogP contribution in [0, 0.1) is 11.8 Å². The molecule has 0 spiro atoms. The summed E-state index contributed by atoms with van der Waals surface area (Å²) in [5.41, 5.74) is 0. The number of hydrogen-bond donors (Lipinski definition) is 0. The van der Waals surface area contributed by atoms with Gasteiger partial charge in [0, 0.05) is 13.0 Å². The van der Waals surface area contributed by atoms with E-state index in [-0.39, 0.29) is 0 Å². The SMILES string of the molecule is COCO[C@H]1C[C@H]2C=C[C@@H]1C2. The Morgan fingerprint density at radius 1 is 1.36 bits per heavy atom. The Labute approximate surface area is 67.2 Å². The van der Waals surface area contributed by atoms with Gasteiger partial charge < -0.3 is 9.47 Å². The summed E-state index contributed by atoms with van der Waals surface area (Å²) in [6.45, 7) is 0.446. The number of methoxy groups -OCH3 is 1. The second-order valence-corrected chi connectivity index (χ2v) is 3.39. The minimum atomic E-state index is 0.435. The molecule has 2 rings (SSSR count). The van der Waals surface area contributed by atoms with Crippen LogP contribution in [-0.4, -0.2) is 20.0 Å². The van der Waals surface area contributed by atoms with Crippen molar-refractivity contribution in [3.63, 3.8) is 0 Å². The van der Waals surface area contributed by atoms with Crippen LogP contribution in [0.2, 0.25) is 0 Å². The third-order valence-corrected chi connectivity index (χ3v) is 2.62. The van der Waals surface area contributed by atoms with Crippen molar-refractivity contribution < 1.29 is 9.47 Å². The quantitative estimate of drug-likeness (QED) is 0.454. The molecular formula is C9H14O2. The highest BCUT2D eigenvalue weighted by molar-refractivity contribution is 5.10. The van der Waals surface area contributed by atoms with Crippen molar-refractivity contribution in [2.24, 2.45) is 11.8 Å². The largest absolute Gasteiger partial charge is 0.359 e. The van der Waals surface area contributed by atoms with Gasteiger partial charge in [0.1, 0.15) is 6.79 Å². The van der Waals surface area contributed by atoms with Gasteiger partial charge in [0.2, 0.25) is 0 Å². The lowest BCUT2D eigenvalue weighted by Gasteiger charge is -2.17. The number of rotatable bonds is 3. The lowest BCUT2D eigenvalue weighted by molar-refractivity contribution is -0.0792. The highest BCUT2D eigenvalue weighted by atomic mass is 16.7. The second-order valence-electron chi connectivity index (χ2n) is 3.39. The molecule has 2 bridgehead atoms. The first-order valence-electron chi connectivity index (χ1n) is 4.19. The van der Waals surface area contributed by atoms with Crippen LogP contribution in [0.3, 0.4) is 0 Å². The van der Waals surface area contributed by atoms with Crippen molar-refractivity contribution in [1.29, 1.82) is 0 Å². The maximum atomic E-state index is 5.51. The Morgan fingerprint density at radius 2 is 2.27 bits per heavy atom. The first kappa shape index (κ1) is 7.32. The van der Waals surface area contributed by atoms with Crippen LogP contribution in [0.15, 0.2) is 12.2 Å². The van der Waals surface area contributed by atoms with Gasteiger partial charge in [-0.15, -0.1) is 0 Å². The summed E-state index contributed by atoms with van der Waals surface area (Å²) < 4.78 is 10.4. The smallest absolute Gasteiger partial charge is 0.146 e. The third-order valence-electron chi connectivity index (χ3n) is 2.62. The molecule has 2 aliphatic rings. The second kappa shape index (κ2) is 2.95. The molecule has 62 valence electrons. The van der Waals surface area contributed by atoms with Gasteiger partial charge in [-0.05, 0) is 18.8 Å². The zero-order valence-corrected chi connectivity index (χ0v) is 6.82. The van der Waals surface area contributed by atoms with Crippen LogP contribution >= 0.6 is 0 Å². The summed E-state index contributed by atoms with van der Waals surface area (Å²) >= 11 is 0. The molecule has 0 unspecified atom stereocenters. The van der Waals surface area contributed by atoms with Gasteiger partial charge in [0.15, 0.2) is 0 Å². The van der Waals surface area contributed by atoms with Gasteiger partial charge in [-0.1, -0.05) is 12.2 Å². The number of allylic oxidation sites excluding steroid dienone is 1. The van der Waals surface area contributed by atoms with Crippen LogP contribution in [0.25, 0.3) is 0 Å². The summed E-state index contributed by atoms with van der Waals surface area (Å²) in [4.78, 5) is 0. The molecule has 0 aromatic heterocycles. The Balaban J connectivity index is 1.84. The van der Waals surface area contributed by atoms with Crippen LogP contribution in [0.5, 0.6) is 0 Å². The van der Waals surface area contributed by atoms with Crippen LogP contribution < -0.4 is 0 Å². The molecule has 0 N–H and O–H groups in total. The first-order valence-corrected chi connectivity index (χ1v) is 4.19. The predicted octanol–water partition coefficient (Wildman–Crippen LogP) is 1.57. The topological polar surface area (TPSA) is 18.5 Å². The molecule has 2 nitrogen and oxygen atoms in total. The molecule has 0 aliphatic heterocycles. The molecule has 0 saturated heterocycles. The average Bonchev–Trinajstić information content (AvgIpc) is 2.60. The minimum Gasteiger partial charge on any atom is -0.359 e. The number of fused-ring (bicyclic) bond motifs is 2. The fourth-order valence-corrected chi connectivity index (χ4v) is 2.08. The van der Waals surface area contributed by atoms with Crippen molar-refractivity contribution in [1.82, 2.24) is 0 Å². The molecular weight excluding hydrogens is 140 g/mol. The molecule has 3 atom stereocenters. The highest BCUT2D eigenvalue weighted by Gasteiger charge is 2.36. The van der Waals surface area contributed by atoms with Gasteiger partial charge in [-0.3, -0.25) is 0 Å². The van der Waals surface area contributed by atoms with E-state index in [0.717, 1.165) is 5.92 Å². The molecule has 0 aromatic carbocycles. The fourth-order valence-electron chi connectivity index (χ4n) is 2.08. The number of hydrogen-bond acceptors (Lipinski definition) is 2. The summed E-state index contributed by atoms with van der Waals surface area (Å²) in [6, 6.07) is 0. The normalized spacial score (nSPS) is 40.3. The Morgan fingerprint density at radius 3 is 2.82 bits per heavy atom. The van der Waals surface area contributed by atoms with Gasteiger partial charge >= 0.3 is 0 Å². The van der Waals surface area contributed by atoms with E-state index in [1.54, 1.807) is 7.11 Å². The standard InChI is InChI=1S/C9H14O2/c1-10-6-11-9-5-7-2-3-8(9)4-7/h2-3,7-9H,4-6H2,1H3/t7-,8+,9-/m0/s1. The summed E-state index contributed by atoms with van der Waals surface area (Å²) in [6.07, 6.45) is 7.54. The molecule has 0 amide bonds. The van der Waals surface area contributed by atoms with Crippen molar-refractivity contribution >= 4 is 0 Å². The van der Waals surface area contributed by atoms with E-state index in [1.165, 1.54) is 12.8 Å². The van der Waals surface area contributed by atoms with Gasteiger partial charge in [-0.2, -0.15) is 0 Å². The van der Waals surface area contributed by atoms with E-state index in [4.69, 9.17) is 9.47 Å². The zero-order valence-electron chi connectivity index (χ0n) is 6.82. The maximum absolute atomic E-state index is 5.51. The number of ether oxygens (including phenoxy) is 2. The van der Waals surface area contributed by atoms with Crippen molar-refractivity contribution in [2.75, 3.05) is 13.9 Å². The van der Waals surface area contributed by atoms with Gasteiger partial charge in [0.05, 0.1) is 6.10 Å². The van der Waals surface area contributed by atoms with E-state index in [2.05, 4.69) is 12.2 Å². The van der Waals surface area contributed by atoms with Crippen LogP contribution in [-0.2, 0) is 9.47 Å². The van der Waals surface area contributed by atoms with Crippen molar-refractivity contribution in [3.8, 4) is 0 Å². The maximum Gasteiger partial charge on any atom is 0.146 e. The first-order chi connectivity index (χ1) is 5.40. The van der Waals surface area contributed by atoms with E-state index in [0.29, 0.717) is 18.8 Å². The monoisotopic (exact) mass is 154 g/mol. The Kier molecular flexibility index (Phi) is 1.96. The van der Waals surface area contributed by atoms with Gasteiger partial charge in [-0.25, -0.2) is 0 Å². The Hall–Kier alpha value is -0.340. The minimum absolute atomic E-state index is 0.435. The lowest BCUT2D eigenvalue weighted by Crippen LogP contribution is -2.19. The molecule has 11 heavy (non-hydrogen) atoms. The van der Waals surface area contributed by atoms with E-state index in [1.807, 2.05) is 0 Å². The molecule has 2 aliphatic carbocycles. The van der Waals surface area contributed by atoms with Crippen LogP contribution in [0.1, 0.15) is 12.8 Å². The van der Waals surface area contributed by atoms with Crippen LogP contribution in [0.4, 0.5) is 0 Å². The summed E-state index contributed by atoms with van der Waals surface area (Å²) in [5, 5.41) is 0. The van der Waals surface area contributed by atoms with E-state index >= 15 is 0 Å². The summed E-state index contributed by atoms with van der Waals surface area (Å²) in [7, 11) is 1.67. The van der Waals surface area contributed by atoms with E-state index in [9.17, 15) is 0 Å². The van der Waals surface area contributed by atoms with Crippen molar-refractivity contribution in [2.45, 2.75) is 18.9 Å². The molecule has 1 saturated carbocycles. The average molecular weight is 154 g/mol. The molecule has 0 radical (unpaired) electrons.